The van der Waals surface area contributed by atoms with Gasteiger partial charge in [-0.2, -0.15) is 0 Å². The highest BCUT2D eigenvalue weighted by Crippen LogP contribution is 2.48. The van der Waals surface area contributed by atoms with Crippen LogP contribution < -0.4 is 4.90 Å². The normalized spacial score (nSPS) is 11.5. The van der Waals surface area contributed by atoms with Gasteiger partial charge in [0.05, 0.1) is 27.8 Å². The number of furan rings is 1. The van der Waals surface area contributed by atoms with Crippen molar-refractivity contribution >= 4 is 60.8 Å². The van der Waals surface area contributed by atoms with Crippen molar-refractivity contribution in [2.24, 2.45) is 0 Å². The molecule has 0 aliphatic carbocycles. The third-order valence-corrected chi connectivity index (χ3v) is 11.2. The van der Waals surface area contributed by atoms with Crippen LogP contribution in [0.3, 0.4) is 0 Å². The van der Waals surface area contributed by atoms with Crippen LogP contribution in [0.25, 0.3) is 82.8 Å². The van der Waals surface area contributed by atoms with Crippen LogP contribution in [-0.2, 0) is 0 Å². The second-order valence-electron chi connectivity index (χ2n) is 14.5. The highest BCUT2D eigenvalue weighted by molar-refractivity contribution is 6.18. The average Bonchev–Trinajstić information content (AvgIpc) is 3.84. The number of fused-ring (bicyclic) bond motifs is 6. The van der Waals surface area contributed by atoms with Gasteiger partial charge in [0.2, 0.25) is 0 Å². The summed E-state index contributed by atoms with van der Waals surface area (Å²) in [5.74, 6) is 0. The SMILES string of the molecule is c1ccc(-c2ccc(-c3cccc4c3c3ccc(N(c5ccccc5-c5ccccc5)c5cccc6oc7ccccc7c56)cc3n4-c3ccccc3)cc2)cc1. The summed E-state index contributed by atoms with van der Waals surface area (Å²) in [4.78, 5) is 2.42. The molecule has 0 aliphatic rings. The fraction of sp³-hybridized carbons (Fsp3) is 0. The van der Waals surface area contributed by atoms with Crippen molar-refractivity contribution in [3.63, 3.8) is 0 Å². The van der Waals surface area contributed by atoms with Crippen molar-refractivity contribution in [2.75, 3.05) is 4.90 Å². The largest absolute Gasteiger partial charge is 0.456 e. The molecule has 2 heterocycles. The van der Waals surface area contributed by atoms with Crippen LogP contribution >= 0.6 is 0 Å². The zero-order chi connectivity index (χ0) is 37.7. The summed E-state index contributed by atoms with van der Waals surface area (Å²) in [6.07, 6.45) is 0. The second kappa shape index (κ2) is 13.6. The van der Waals surface area contributed by atoms with Crippen LogP contribution in [-0.4, -0.2) is 4.57 Å². The molecule has 0 saturated carbocycles. The minimum absolute atomic E-state index is 0.860. The van der Waals surface area contributed by atoms with Crippen molar-refractivity contribution in [3.05, 3.63) is 218 Å². The highest BCUT2D eigenvalue weighted by atomic mass is 16.3. The van der Waals surface area contributed by atoms with E-state index in [4.69, 9.17) is 4.42 Å². The van der Waals surface area contributed by atoms with E-state index in [1.54, 1.807) is 0 Å². The molecule has 0 aliphatic heterocycles. The zero-order valence-corrected chi connectivity index (χ0v) is 31.1. The minimum Gasteiger partial charge on any atom is -0.456 e. The highest BCUT2D eigenvalue weighted by Gasteiger charge is 2.24. The smallest absolute Gasteiger partial charge is 0.137 e. The molecule has 9 aromatic carbocycles. The molecule has 0 saturated heterocycles. The Kier molecular flexibility index (Phi) is 7.82. The van der Waals surface area contributed by atoms with Crippen molar-refractivity contribution in [1.82, 2.24) is 4.57 Å². The van der Waals surface area contributed by atoms with Crippen LogP contribution in [0.5, 0.6) is 0 Å². The van der Waals surface area contributed by atoms with E-state index in [0.29, 0.717) is 0 Å². The first-order valence-electron chi connectivity index (χ1n) is 19.4. The molecule has 11 rings (SSSR count). The van der Waals surface area contributed by atoms with Gasteiger partial charge in [-0.3, -0.25) is 0 Å². The number of para-hydroxylation sites is 3. The number of nitrogens with zero attached hydrogens (tertiary/aromatic N) is 2. The lowest BCUT2D eigenvalue weighted by Crippen LogP contribution is -2.11. The van der Waals surface area contributed by atoms with Crippen molar-refractivity contribution in [3.8, 4) is 39.1 Å². The number of aromatic nitrogens is 1. The van der Waals surface area contributed by atoms with Crippen molar-refractivity contribution < 1.29 is 4.42 Å². The quantitative estimate of drug-likeness (QED) is 0.163. The lowest BCUT2D eigenvalue weighted by molar-refractivity contribution is 0.669. The Morgan fingerprint density at radius 2 is 0.930 bits per heavy atom. The van der Waals surface area contributed by atoms with Crippen LogP contribution in [0.15, 0.2) is 223 Å². The molecule has 57 heavy (non-hydrogen) atoms. The van der Waals surface area contributed by atoms with Gasteiger partial charge in [0.1, 0.15) is 11.2 Å². The predicted molar refractivity (Wildman–Crippen MR) is 239 cm³/mol. The van der Waals surface area contributed by atoms with Gasteiger partial charge in [-0.25, -0.2) is 0 Å². The average molecular weight is 729 g/mol. The number of anilines is 3. The summed E-state index contributed by atoms with van der Waals surface area (Å²) in [7, 11) is 0. The van der Waals surface area contributed by atoms with Crippen LogP contribution in [0, 0.1) is 0 Å². The standard InChI is InChI=1S/C54H36N2O/c1-4-16-37(17-5-1)38-30-32-40(33-31-38)44-24-14-26-48-53(44)45-35-34-42(36-50(45)55(48)41-20-8-3-9-21-41)56(47-25-12-10-22-43(47)39-18-6-2-7-19-39)49-27-15-29-52-54(49)46-23-11-13-28-51(46)57-52/h1-36H. The van der Waals surface area contributed by atoms with E-state index in [1.807, 2.05) is 6.07 Å². The Morgan fingerprint density at radius 3 is 1.74 bits per heavy atom. The van der Waals surface area contributed by atoms with Gasteiger partial charge >= 0.3 is 0 Å². The summed E-state index contributed by atoms with van der Waals surface area (Å²) in [5.41, 5.74) is 15.5. The fourth-order valence-corrected chi connectivity index (χ4v) is 8.64. The number of rotatable bonds is 7. The molecule has 11 aromatic rings. The molecule has 2 aromatic heterocycles. The summed E-state index contributed by atoms with van der Waals surface area (Å²) < 4.78 is 8.90. The molecular formula is C54H36N2O. The molecule has 0 radical (unpaired) electrons. The first-order valence-corrected chi connectivity index (χ1v) is 19.4. The molecule has 0 spiro atoms. The third kappa shape index (κ3) is 5.51. The van der Waals surface area contributed by atoms with Gasteiger partial charge in [-0.1, -0.05) is 164 Å². The maximum Gasteiger partial charge on any atom is 0.137 e. The summed E-state index contributed by atoms with van der Waals surface area (Å²) >= 11 is 0. The molecule has 0 N–H and O–H groups in total. The van der Waals surface area contributed by atoms with Gasteiger partial charge < -0.3 is 13.9 Å². The van der Waals surface area contributed by atoms with E-state index in [1.165, 1.54) is 33.0 Å². The summed E-state index contributed by atoms with van der Waals surface area (Å²) in [5, 5.41) is 4.60. The van der Waals surface area contributed by atoms with E-state index in [-0.39, 0.29) is 0 Å². The van der Waals surface area contributed by atoms with E-state index < -0.39 is 0 Å². The first-order chi connectivity index (χ1) is 28.3. The van der Waals surface area contributed by atoms with E-state index in [9.17, 15) is 0 Å². The van der Waals surface area contributed by atoms with Gasteiger partial charge in [0.15, 0.2) is 0 Å². The Morgan fingerprint density at radius 1 is 0.351 bits per heavy atom. The predicted octanol–water partition coefficient (Wildman–Crippen LogP) is 15.2. The summed E-state index contributed by atoms with van der Waals surface area (Å²) in [6.45, 7) is 0. The molecule has 0 amide bonds. The Balaban J connectivity index is 1.19. The minimum atomic E-state index is 0.860. The van der Waals surface area contributed by atoms with E-state index >= 15 is 0 Å². The Bertz CT molecular complexity index is 3220. The zero-order valence-electron chi connectivity index (χ0n) is 31.1. The van der Waals surface area contributed by atoms with Crippen LogP contribution in [0.2, 0.25) is 0 Å². The lowest BCUT2D eigenvalue weighted by Gasteiger charge is -2.28. The second-order valence-corrected chi connectivity index (χ2v) is 14.5. The summed E-state index contributed by atoms with van der Waals surface area (Å²) in [6, 6.07) is 78.1. The van der Waals surface area contributed by atoms with E-state index in [0.717, 1.165) is 66.8 Å². The Hall–Kier alpha value is -7.62. The van der Waals surface area contributed by atoms with Crippen LogP contribution in [0.4, 0.5) is 17.1 Å². The lowest BCUT2D eigenvalue weighted by atomic mass is 9.96. The molecule has 268 valence electrons. The van der Waals surface area contributed by atoms with Gasteiger partial charge in [-0.15, -0.1) is 0 Å². The van der Waals surface area contributed by atoms with Gasteiger partial charge in [0.25, 0.3) is 0 Å². The molecule has 3 heteroatoms. The molecule has 0 unspecified atom stereocenters. The molecular weight excluding hydrogens is 693 g/mol. The maximum absolute atomic E-state index is 6.47. The molecule has 0 fully saturated rings. The van der Waals surface area contributed by atoms with Crippen molar-refractivity contribution in [2.45, 2.75) is 0 Å². The molecule has 3 nitrogen and oxygen atoms in total. The molecule has 0 atom stereocenters. The number of hydrogen-bond donors (Lipinski definition) is 0. The van der Waals surface area contributed by atoms with E-state index in [2.05, 4.69) is 222 Å². The van der Waals surface area contributed by atoms with Gasteiger partial charge in [0, 0.05) is 33.1 Å². The topological polar surface area (TPSA) is 21.3 Å². The number of hydrogen-bond acceptors (Lipinski definition) is 2. The third-order valence-electron chi connectivity index (χ3n) is 11.2. The fourth-order valence-electron chi connectivity index (χ4n) is 8.64. The van der Waals surface area contributed by atoms with Gasteiger partial charge in [-0.05, 0) is 82.4 Å². The number of benzene rings is 9. The Labute approximate surface area is 330 Å². The maximum atomic E-state index is 6.47. The van der Waals surface area contributed by atoms with Crippen molar-refractivity contribution in [1.29, 1.82) is 0 Å². The van der Waals surface area contributed by atoms with Crippen LogP contribution in [0.1, 0.15) is 0 Å². The molecule has 0 bridgehead atoms. The monoisotopic (exact) mass is 728 g/mol. The first kappa shape index (κ1) is 32.8.